The number of nitrogens with one attached hydrogen (secondary N) is 6. The minimum absolute atomic E-state index is 0.00636. The number of aliphatic hydroxyl groups excluding tert-OH is 2. The van der Waals surface area contributed by atoms with Crippen LogP contribution < -0.4 is 27.0 Å². The third kappa shape index (κ3) is 14.6. The first-order valence-electron chi connectivity index (χ1n) is 27.1. The van der Waals surface area contributed by atoms with E-state index in [9.17, 15) is 39.0 Å². The Kier molecular flexibility index (Phi) is 19.1. The lowest BCUT2D eigenvalue weighted by Crippen LogP contribution is -2.59. The summed E-state index contributed by atoms with van der Waals surface area (Å²) in [6.07, 6.45) is 5.86. The lowest BCUT2D eigenvalue weighted by atomic mass is 9.75. The van der Waals surface area contributed by atoms with Crippen LogP contribution in [0.3, 0.4) is 0 Å². The van der Waals surface area contributed by atoms with Crippen LogP contribution in [-0.2, 0) is 52.9 Å². The molecule has 0 aliphatic heterocycles. The summed E-state index contributed by atoms with van der Waals surface area (Å²) < 4.78 is 11.6. The van der Waals surface area contributed by atoms with Crippen LogP contribution in [0, 0.1) is 11.3 Å². The van der Waals surface area contributed by atoms with Gasteiger partial charge < -0.3 is 56.7 Å². The van der Waals surface area contributed by atoms with E-state index in [1.54, 1.807) is 30.5 Å². The molecule has 0 radical (unpaired) electrons. The molecule has 2 aromatic heterocycles. The standard InChI is InChI=1S/C61H71N9O10/c1-36(2)25-49(55-53(72)28-61(3,4)29-54(55)73)66-39-22-20-37(21-23-39)33-79-59(77)48(19-11-12-24-62)67-58(76)52(32-71)69-57(75)51(27-40-31-63-35-65-40)68-56(74)50(26-38-30-64-47-18-10-9-13-41(38)47)70-60(78)80-34-46-44-16-7-5-14-42(44)43-15-6-8-17-45(43)46/h5-10,13-18,20-23,30-31,35-36,46,48,50-52,64,71-72H,11-12,19,24-29,32-34,62H2,1-4H3,(H,63,65)(H,67,76)(H,68,74)(H,69,75)(H,70,78)/t48-,50+,51-,52+/m0/s1. The van der Waals surface area contributed by atoms with Gasteiger partial charge in [0.15, 0.2) is 5.78 Å². The van der Waals surface area contributed by atoms with E-state index < -0.39 is 60.6 Å². The molecule has 10 N–H and O–H groups in total. The Hall–Kier alpha value is -8.42. The summed E-state index contributed by atoms with van der Waals surface area (Å²) in [5.41, 5.74) is 13.4. The van der Waals surface area contributed by atoms with E-state index >= 15 is 0 Å². The first-order valence-corrected chi connectivity index (χ1v) is 27.1. The molecule has 19 nitrogen and oxygen atoms in total. The number of aliphatic hydroxyl groups is 2. The molecule has 4 amide bonds. The first kappa shape index (κ1) is 57.7. The van der Waals surface area contributed by atoms with E-state index in [0.717, 1.165) is 33.2 Å². The van der Waals surface area contributed by atoms with Crippen LogP contribution in [-0.4, -0.2) is 110 Å². The van der Waals surface area contributed by atoms with Gasteiger partial charge >= 0.3 is 12.1 Å². The summed E-state index contributed by atoms with van der Waals surface area (Å²) in [6, 6.07) is 24.8. The van der Waals surface area contributed by atoms with E-state index in [2.05, 4.69) is 36.2 Å². The fourth-order valence-electron chi connectivity index (χ4n) is 10.4. The number of imidazole rings is 1. The first-order chi connectivity index (χ1) is 38.5. The summed E-state index contributed by atoms with van der Waals surface area (Å²) in [5.74, 6) is -3.45. The van der Waals surface area contributed by atoms with Crippen molar-refractivity contribution in [3.8, 4) is 11.1 Å². The molecule has 8 rings (SSSR count). The third-order valence-corrected chi connectivity index (χ3v) is 14.4. The number of esters is 1. The molecule has 4 atom stereocenters. The highest BCUT2D eigenvalue weighted by Gasteiger charge is 2.37. The molecule has 0 spiro atoms. The number of nitrogens with two attached hydrogens (primary N) is 1. The SMILES string of the molecule is CC(C)CC(=Nc1ccc(COC(=O)[C@H](CCCCN)NC(=O)[C@@H](CO)NC(=O)[C@H](Cc2cnc[nH]2)NC(=O)[C@@H](Cc2c[nH]c3ccccc23)NC(=O)OCC2c3ccccc3-c3ccccc32)cc1)C1=C(O)CC(C)(C)CC1=O. The van der Waals surface area contributed by atoms with Crippen molar-refractivity contribution in [1.29, 1.82) is 0 Å². The van der Waals surface area contributed by atoms with Gasteiger partial charge in [-0.15, -0.1) is 0 Å². The smallest absolute Gasteiger partial charge is 0.407 e. The van der Waals surface area contributed by atoms with Gasteiger partial charge in [0.05, 0.1) is 29.9 Å². The Bertz CT molecular complexity index is 3190. The highest BCUT2D eigenvalue weighted by atomic mass is 16.5. The lowest BCUT2D eigenvalue weighted by molar-refractivity contribution is -0.149. The number of benzene rings is 4. The molecule has 0 saturated carbocycles. The fourth-order valence-corrected chi connectivity index (χ4v) is 10.4. The topological polar surface area (TPSA) is 292 Å². The second kappa shape index (κ2) is 26.5. The van der Waals surface area contributed by atoms with Crippen LogP contribution in [0.4, 0.5) is 10.5 Å². The minimum Gasteiger partial charge on any atom is -0.511 e. The van der Waals surface area contributed by atoms with E-state index in [4.69, 9.17) is 20.2 Å². The van der Waals surface area contributed by atoms with Crippen molar-refractivity contribution in [1.82, 2.24) is 36.2 Å². The minimum atomic E-state index is -1.59. The quantitative estimate of drug-likeness (QED) is 0.0156. The lowest BCUT2D eigenvalue weighted by Gasteiger charge is -2.30. The van der Waals surface area contributed by atoms with Gasteiger partial charge in [-0.3, -0.25) is 24.2 Å². The average molecular weight is 1090 g/mol. The Morgan fingerprint density at radius 1 is 0.775 bits per heavy atom. The molecular formula is C61H71N9O10. The van der Waals surface area contributed by atoms with Gasteiger partial charge in [-0.2, -0.15) is 0 Å². The Morgan fingerprint density at radius 3 is 2.06 bits per heavy atom. The summed E-state index contributed by atoms with van der Waals surface area (Å²) in [7, 11) is 0. The third-order valence-electron chi connectivity index (χ3n) is 14.4. The van der Waals surface area contributed by atoms with Crippen LogP contribution in [0.5, 0.6) is 0 Å². The Balaban J connectivity index is 0.935. The molecule has 80 heavy (non-hydrogen) atoms. The van der Waals surface area contributed by atoms with E-state index in [1.165, 1.54) is 12.5 Å². The van der Waals surface area contributed by atoms with Gasteiger partial charge in [0.25, 0.3) is 0 Å². The van der Waals surface area contributed by atoms with Crippen molar-refractivity contribution >= 4 is 57.9 Å². The number of alkyl carbamates (subject to hydrolysis) is 1. The number of aromatic amines is 2. The number of fused-ring (bicyclic) bond motifs is 4. The average Bonchev–Trinajstić information content (AvgIpc) is 4.23. The van der Waals surface area contributed by atoms with Gasteiger partial charge in [-0.25, -0.2) is 14.6 Å². The molecule has 2 heterocycles. The zero-order valence-electron chi connectivity index (χ0n) is 45.6. The number of H-pyrrole nitrogens is 2. The number of ketones is 1. The molecule has 4 aromatic carbocycles. The molecule has 0 bridgehead atoms. The predicted octanol–water partition coefficient (Wildman–Crippen LogP) is 7.22. The molecular weight excluding hydrogens is 1020 g/mol. The number of ether oxygens (including phenoxy) is 2. The molecule has 2 aliphatic carbocycles. The summed E-state index contributed by atoms with van der Waals surface area (Å²) >= 11 is 0. The van der Waals surface area contributed by atoms with Crippen molar-refractivity contribution < 1.29 is 48.5 Å². The summed E-state index contributed by atoms with van der Waals surface area (Å²) in [5, 5.41) is 33.0. The number of hydrogen-bond donors (Lipinski definition) is 9. The van der Waals surface area contributed by atoms with Gasteiger partial charge in [0.2, 0.25) is 17.7 Å². The molecule has 0 fully saturated rings. The van der Waals surface area contributed by atoms with E-state index in [1.807, 2.05) is 100 Å². The number of allylic oxidation sites excluding steroid dienone is 2. The molecule has 19 heteroatoms. The van der Waals surface area contributed by atoms with Crippen LogP contribution >= 0.6 is 0 Å². The maximum Gasteiger partial charge on any atom is 0.407 e. The number of para-hydroxylation sites is 1. The fraction of sp³-hybridized carbons (Fsp3) is 0.377. The van der Waals surface area contributed by atoms with Crippen molar-refractivity contribution in [2.24, 2.45) is 22.1 Å². The number of aromatic nitrogens is 3. The molecule has 2 aliphatic rings. The zero-order valence-corrected chi connectivity index (χ0v) is 45.6. The maximum absolute atomic E-state index is 14.6. The van der Waals surface area contributed by atoms with Gasteiger partial charge in [0.1, 0.15) is 43.1 Å². The number of carbonyl (C=O) groups excluding carboxylic acids is 6. The van der Waals surface area contributed by atoms with Crippen LogP contribution in [0.1, 0.15) is 100 Å². The second-order valence-corrected chi connectivity index (χ2v) is 21.7. The number of unbranched alkanes of at least 4 members (excludes halogenated alkanes) is 1. The van der Waals surface area contributed by atoms with E-state index in [0.29, 0.717) is 66.9 Å². The van der Waals surface area contributed by atoms with Crippen molar-refractivity contribution in [2.45, 2.75) is 116 Å². The Labute approximate surface area is 464 Å². The molecule has 0 unspecified atom stereocenters. The second-order valence-electron chi connectivity index (χ2n) is 21.7. The summed E-state index contributed by atoms with van der Waals surface area (Å²) in [4.78, 5) is 98.5. The number of Topliss-reactive ketones (excluding diaryl/α,β-unsaturated/α-hetero) is 1. The number of nitrogens with zero attached hydrogens (tertiary/aromatic N) is 2. The van der Waals surface area contributed by atoms with Crippen molar-refractivity contribution in [2.75, 3.05) is 19.8 Å². The monoisotopic (exact) mass is 1090 g/mol. The normalized spacial score (nSPS) is 15.6. The van der Waals surface area contributed by atoms with Gasteiger partial charge in [-0.1, -0.05) is 107 Å². The maximum atomic E-state index is 14.6. The Morgan fingerprint density at radius 2 is 1.41 bits per heavy atom. The summed E-state index contributed by atoms with van der Waals surface area (Å²) in [6.45, 7) is 7.18. The van der Waals surface area contributed by atoms with Gasteiger partial charge in [0, 0.05) is 60.6 Å². The van der Waals surface area contributed by atoms with Crippen LogP contribution in [0.15, 0.2) is 132 Å². The van der Waals surface area contributed by atoms with E-state index in [-0.39, 0.29) is 66.8 Å². The molecule has 6 aromatic rings. The number of amides is 4. The number of carbonyl (C=O) groups is 6. The number of rotatable bonds is 25. The largest absolute Gasteiger partial charge is 0.511 e. The zero-order chi connectivity index (χ0) is 56.9. The number of aliphatic imine (C=N–C) groups is 1. The van der Waals surface area contributed by atoms with Gasteiger partial charge in [-0.05, 0) is 95.1 Å². The molecule has 0 saturated heterocycles. The highest BCUT2D eigenvalue weighted by Crippen LogP contribution is 2.44. The molecule has 420 valence electrons. The number of hydrogen-bond acceptors (Lipinski definition) is 13. The van der Waals surface area contributed by atoms with Crippen LogP contribution in [0.25, 0.3) is 22.0 Å². The predicted molar refractivity (Wildman–Crippen MR) is 303 cm³/mol. The highest BCUT2D eigenvalue weighted by molar-refractivity contribution is 6.24. The van der Waals surface area contributed by atoms with Crippen LogP contribution in [0.2, 0.25) is 0 Å². The van der Waals surface area contributed by atoms with Crippen molar-refractivity contribution in [3.63, 3.8) is 0 Å². The van der Waals surface area contributed by atoms with Crippen molar-refractivity contribution in [3.05, 3.63) is 155 Å².